The van der Waals surface area contributed by atoms with E-state index in [2.05, 4.69) is 0 Å². The van der Waals surface area contributed by atoms with E-state index < -0.39 is 15.8 Å². The maximum atomic E-state index is 11.2. The van der Waals surface area contributed by atoms with Gasteiger partial charge in [0.05, 0.1) is 11.5 Å². The van der Waals surface area contributed by atoms with E-state index in [9.17, 15) is 13.2 Å². The molecule has 1 aliphatic carbocycles. The molecule has 2 aliphatic rings. The number of carbonyl (C=O) groups is 1. The van der Waals surface area contributed by atoms with Gasteiger partial charge in [-0.2, -0.15) is 0 Å². The third-order valence-corrected chi connectivity index (χ3v) is 5.25. The molecule has 1 N–H and O–H groups in total. The molecular weight excluding hydrogens is 204 g/mol. The van der Waals surface area contributed by atoms with Crippen LogP contribution in [0.15, 0.2) is 0 Å². The van der Waals surface area contributed by atoms with E-state index in [1.807, 2.05) is 0 Å². The van der Waals surface area contributed by atoms with Crippen molar-refractivity contribution in [1.29, 1.82) is 0 Å². The minimum absolute atomic E-state index is 0.0731. The highest BCUT2D eigenvalue weighted by molar-refractivity contribution is 7.91. The maximum Gasteiger partial charge on any atom is 0.303 e. The number of rotatable bonds is 2. The molecule has 1 aliphatic heterocycles. The highest BCUT2D eigenvalue weighted by Gasteiger charge is 2.56. The summed E-state index contributed by atoms with van der Waals surface area (Å²) in [7, 11) is -2.81. The second-order valence-corrected chi connectivity index (χ2v) is 6.82. The Hall–Kier alpha value is -0.580. The predicted octanol–water partition coefficient (Wildman–Crippen LogP) is 0.676. The number of carboxylic acids is 1. The first-order valence-corrected chi connectivity index (χ1v) is 6.68. The van der Waals surface area contributed by atoms with E-state index in [0.29, 0.717) is 12.8 Å². The molecule has 1 saturated carbocycles. The first-order valence-electron chi connectivity index (χ1n) is 4.86. The standard InChI is InChI=1S/C9H14O4S/c10-8(11)5-7-6-9(7)1-3-14(12,13)4-2-9/h7H,1-6H2,(H,10,11). The van der Waals surface area contributed by atoms with Crippen LogP contribution < -0.4 is 0 Å². The van der Waals surface area contributed by atoms with Gasteiger partial charge in [-0.1, -0.05) is 0 Å². The van der Waals surface area contributed by atoms with Crippen molar-refractivity contribution in [2.24, 2.45) is 11.3 Å². The smallest absolute Gasteiger partial charge is 0.303 e. The van der Waals surface area contributed by atoms with Crippen LogP contribution in [0.3, 0.4) is 0 Å². The molecule has 1 spiro atoms. The van der Waals surface area contributed by atoms with Crippen molar-refractivity contribution >= 4 is 15.8 Å². The fraction of sp³-hybridized carbons (Fsp3) is 0.889. The number of aliphatic carboxylic acids is 1. The molecule has 2 fully saturated rings. The molecular formula is C9H14O4S. The van der Waals surface area contributed by atoms with E-state index in [-0.39, 0.29) is 29.3 Å². The van der Waals surface area contributed by atoms with Gasteiger partial charge in [0, 0.05) is 6.42 Å². The molecule has 0 aromatic heterocycles. The third-order valence-electron chi connectivity index (χ3n) is 3.60. The molecule has 5 heteroatoms. The van der Waals surface area contributed by atoms with Crippen molar-refractivity contribution in [2.45, 2.75) is 25.7 Å². The summed E-state index contributed by atoms with van der Waals surface area (Å²) >= 11 is 0. The van der Waals surface area contributed by atoms with Crippen LogP contribution in [0.4, 0.5) is 0 Å². The van der Waals surface area contributed by atoms with Gasteiger partial charge in [0.15, 0.2) is 0 Å². The largest absolute Gasteiger partial charge is 0.481 e. The maximum absolute atomic E-state index is 11.2. The van der Waals surface area contributed by atoms with Crippen LogP contribution in [0.25, 0.3) is 0 Å². The lowest BCUT2D eigenvalue weighted by atomic mass is 9.95. The predicted molar refractivity (Wildman–Crippen MR) is 50.7 cm³/mol. The van der Waals surface area contributed by atoms with Crippen LogP contribution in [0.1, 0.15) is 25.7 Å². The molecule has 1 unspecified atom stereocenters. The zero-order chi connectivity index (χ0) is 10.4. The Morgan fingerprint density at radius 3 is 2.43 bits per heavy atom. The fourth-order valence-electron chi connectivity index (χ4n) is 2.49. The van der Waals surface area contributed by atoms with Gasteiger partial charge in [-0.05, 0) is 30.6 Å². The summed E-state index contributed by atoms with van der Waals surface area (Å²) in [6, 6.07) is 0. The van der Waals surface area contributed by atoms with Crippen LogP contribution in [0.5, 0.6) is 0 Å². The molecule has 0 amide bonds. The summed E-state index contributed by atoms with van der Waals surface area (Å²) < 4.78 is 22.4. The number of hydrogen-bond acceptors (Lipinski definition) is 3. The SMILES string of the molecule is O=C(O)CC1CC12CCS(=O)(=O)CC2. The molecule has 80 valence electrons. The van der Waals surface area contributed by atoms with Crippen LogP contribution in [0.2, 0.25) is 0 Å². The lowest BCUT2D eigenvalue weighted by Gasteiger charge is -2.22. The van der Waals surface area contributed by atoms with Crippen molar-refractivity contribution < 1.29 is 18.3 Å². The van der Waals surface area contributed by atoms with Crippen LogP contribution in [-0.2, 0) is 14.6 Å². The molecule has 4 nitrogen and oxygen atoms in total. The van der Waals surface area contributed by atoms with Gasteiger partial charge >= 0.3 is 5.97 Å². The summed E-state index contributed by atoms with van der Waals surface area (Å²) in [5.41, 5.74) is 0.0731. The Morgan fingerprint density at radius 1 is 1.36 bits per heavy atom. The van der Waals surface area contributed by atoms with E-state index in [1.54, 1.807) is 0 Å². The van der Waals surface area contributed by atoms with Crippen LogP contribution >= 0.6 is 0 Å². The summed E-state index contributed by atoms with van der Waals surface area (Å²) in [6.07, 6.45) is 2.47. The molecule has 0 bridgehead atoms. The molecule has 0 aromatic carbocycles. The molecule has 1 atom stereocenters. The van der Waals surface area contributed by atoms with Crippen molar-refractivity contribution in [2.75, 3.05) is 11.5 Å². The Balaban J connectivity index is 1.94. The Kier molecular flexibility index (Phi) is 2.10. The topological polar surface area (TPSA) is 71.4 Å². The number of sulfone groups is 1. The third kappa shape index (κ3) is 1.78. The Morgan fingerprint density at radius 2 is 1.93 bits per heavy atom. The summed E-state index contributed by atoms with van der Waals surface area (Å²) in [5.74, 6) is -0.0255. The second-order valence-electron chi connectivity index (χ2n) is 4.51. The molecule has 1 heterocycles. The molecule has 14 heavy (non-hydrogen) atoms. The minimum atomic E-state index is -2.81. The van der Waals surface area contributed by atoms with Gasteiger partial charge < -0.3 is 5.11 Å². The molecule has 0 radical (unpaired) electrons. The quantitative estimate of drug-likeness (QED) is 0.739. The molecule has 0 aromatic rings. The monoisotopic (exact) mass is 218 g/mol. The Bertz CT molecular complexity index is 343. The van der Waals surface area contributed by atoms with Crippen LogP contribution in [0, 0.1) is 11.3 Å². The van der Waals surface area contributed by atoms with E-state index in [0.717, 1.165) is 6.42 Å². The highest BCUT2D eigenvalue weighted by atomic mass is 32.2. The fourth-order valence-corrected chi connectivity index (χ4v) is 4.13. The lowest BCUT2D eigenvalue weighted by molar-refractivity contribution is -0.137. The van der Waals surface area contributed by atoms with Crippen LogP contribution in [-0.4, -0.2) is 31.0 Å². The molecule has 2 rings (SSSR count). The Labute approximate surface area is 83.2 Å². The number of carboxylic acid groups (broad SMARTS) is 1. The van der Waals surface area contributed by atoms with Crippen molar-refractivity contribution in [3.63, 3.8) is 0 Å². The van der Waals surface area contributed by atoms with Gasteiger partial charge in [-0.25, -0.2) is 8.42 Å². The zero-order valence-electron chi connectivity index (χ0n) is 7.90. The average Bonchev–Trinajstić information content (AvgIpc) is 2.71. The van der Waals surface area contributed by atoms with Gasteiger partial charge in [0.2, 0.25) is 0 Å². The highest BCUT2D eigenvalue weighted by Crippen LogP contribution is 2.61. The average molecular weight is 218 g/mol. The summed E-state index contributed by atoms with van der Waals surface area (Å²) in [5, 5.41) is 8.62. The number of hydrogen-bond donors (Lipinski definition) is 1. The summed E-state index contributed by atoms with van der Waals surface area (Å²) in [4.78, 5) is 10.5. The van der Waals surface area contributed by atoms with E-state index in [1.165, 1.54) is 0 Å². The van der Waals surface area contributed by atoms with Crippen molar-refractivity contribution in [3.05, 3.63) is 0 Å². The zero-order valence-corrected chi connectivity index (χ0v) is 8.72. The van der Waals surface area contributed by atoms with Gasteiger partial charge in [0.1, 0.15) is 9.84 Å². The minimum Gasteiger partial charge on any atom is -0.481 e. The summed E-state index contributed by atoms with van der Waals surface area (Å²) in [6.45, 7) is 0. The molecule has 1 saturated heterocycles. The van der Waals surface area contributed by atoms with Gasteiger partial charge in [-0.15, -0.1) is 0 Å². The lowest BCUT2D eigenvalue weighted by Crippen LogP contribution is -2.25. The first-order chi connectivity index (χ1) is 6.44. The first kappa shape index (κ1) is 9.96. The van der Waals surface area contributed by atoms with Gasteiger partial charge in [0.25, 0.3) is 0 Å². The van der Waals surface area contributed by atoms with E-state index >= 15 is 0 Å². The van der Waals surface area contributed by atoms with Crippen molar-refractivity contribution in [1.82, 2.24) is 0 Å². The van der Waals surface area contributed by atoms with Crippen molar-refractivity contribution in [3.8, 4) is 0 Å². The van der Waals surface area contributed by atoms with E-state index in [4.69, 9.17) is 5.11 Å². The normalized spacial score (nSPS) is 32.7. The second kappa shape index (κ2) is 2.95. The van der Waals surface area contributed by atoms with Gasteiger partial charge in [-0.3, -0.25) is 4.79 Å².